The molecule has 0 bridgehead atoms. The van der Waals surface area contributed by atoms with Crippen LogP contribution in [-0.2, 0) is 16.1 Å². The Labute approximate surface area is 218 Å². The molecule has 3 aromatic rings. The van der Waals surface area contributed by atoms with Crippen molar-refractivity contribution < 1.29 is 23.5 Å². The van der Waals surface area contributed by atoms with Crippen LogP contribution >= 0.6 is 39.3 Å². The van der Waals surface area contributed by atoms with Crippen LogP contribution in [0.3, 0.4) is 0 Å². The molecule has 1 aliphatic heterocycles. The summed E-state index contributed by atoms with van der Waals surface area (Å²) in [4.78, 5) is 38.6. The summed E-state index contributed by atoms with van der Waals surface area (Å²) in [6.07, 6.45) is 1.59. The monoisotopic (exact) mass is 574 g/mol. The van der Waals surface area contributed by atoms with E-state index in [1.807, 2.05) is 18.2 Å². The fraction of sp³-hybridized carbons (Fsp3) is 0.0800. The minimum atomic E-state index is -0.498. The maximum Gasteiger partial charge on any atom is 0.293 e. The molecule has 3 amide bonds. The van der Waals surface area contributed by atoms with E-state index in [1.165, 1.54) is 12.1 Å². The molecular weight excluding hydrogens is 559 g/mol. The Bertz CT molecular complexity index is 1340. The molecule has 1 fully saturated rings. The van der Waals surface area contributed by atoms with Crippen LogP contribution in [0, 0.1) is 5.82 Å². The van der Waals surface area contributed by atoms with Gasteiger partial charge < -0.3 is 10.1 Å². The van der Waals surface area contributed by atoms with E-state index in [4.69, 9.17) is 16.3 Å². The van der Waals surface area contributed by atoms with Gasteiger partial charge in [0.15, 0.2) is 6.61 Å². The van der Waals surface area contributed by atoms with E-state index < -0.39 is 17.0 Å². The van der Waals surface area contributed by atoms with Crippen LogP contribution in [0.15, 0.2) is 76.1 Å². The van der Waals surface area contributed by atoms with Gasteiger partial charge in [-0.3, -0.25) is 19.3 Å². The van der Waals surface area contributed by atoms with Gasteiger partial charge in [-0.15, -0.1) is 0 Å². The molecular formula is C25H17BrClFN2O4S. The van der Waals surface area contributed by atoms with E-state index in [0.717, 1.165) is 22.7 Å². The average molecular weight is 576 g/mol. The van der Waals surface area contributed by atoms with Gasteiger partial charge >= 0.3 is 0 Å². The lowest BCUT2D eigenvalue weighted by Crippen LogP contribution is -2.27. The van der Waals surface area contributed by atoms with Crippen molar-refractivity contribution in [2.24, 2.45) is 0 Å². The van der Waals surface area contributed by atoms with Gasteiger partial charge in [0.05, 0.1) is 15.9 Å². The summed E-state index contributed by atoms with van der Waals surface area (Å²) in [7, 11) is 0. The Kier molecular flexibility index (Phi) is 7.90. The summed E-state index contributed by atoms with van der Waals surface area (Å²) in [5.41, 5.74) is 1.80. The summed E-state index contributed by atoms with van der Waals surface area (Å²) < 4.78 is 19.4. The lowest BCUT2D eigenvalue weighted by molar-refractivity contribution is -0.123. The van der Waals surface area contributed by atoms with E-state index in [-0.39, 0.29) is 29.0 Å². The molecule has 1 N–H and O–H groups in total. The third kappa shape index (κ3) is 6.30. The molecule has 3 aromatic carbocycles. The lowest BCUT2D eigenvalue weighted by Gasteiger charge is -2.13. The average Bonchev–Trinajstić information content (AvgIpc) is 3.08. The molecule has 0 spiro atoms. The molecule has 0 aliphatic carbocycles. The van der Waals surface area contributed by atoms with Crippen molar-refractivity contribution in [1.82, 2.24) is 4.90 Å². The summed E-state index contributed by atoms with van der Waals surface area (Å²) in [5.74, 6) is -0.816. The van der Waals surface area contributed by atoms with Crippen LogP contribution in [-0.4, -0.2) is 28.6 Å². The van der Waals surface area contributed by atoms with Crippen molar-refractivity contribution in [2.45, 2.75) is 6.54 Å². The maximum absolute atomic E-state index is 13.3. The molecule has 0 saturated carbocycles. The van der Waals surface area contributed by atoms with Crippen molar-refractivity contribution in [2.75, 3.05) is 11.9 Å². The van der Waals surface area contributed by atoms with E-state index in [0.29, 0.717) is 27.0 Å². The van der Waals surface area contributed by atoms with Gasteiger partial charge in [-0.05, 0) is 81.3 Å². The van der Waals surface area contributed by atoms with E-state index >= 15 is 0 Å². The first-order valence-electron chi connectivity index (χ1n) is 10.3. The second-order valence-electron chi connectivity index (χ2n) is 7.40. The Hall–Kier alpha value is -3.14. The van der Waals surface area contributed by atoms with Crippen molar-refractivity contribution in [3.8, 4) is 5.75 Å². The van der Waals surface area contributed by atoms with Crippen molar-refractivity contribution in [3.05, 3.63) is 98.1 Å². The number of para-hydroxylation sites is 1. The number of hydrogen-bond donors (Lipinski definition) is 1. The van der Waals surface area contributed by atoms with Crippen LogP contribution < -0.4 is 10.1 Å². The van der Waals surface area contributed by atoms with Gasteiger partial charge in [0.2, 0.25) is 0 Å². The zero-order chi connectivity index (χ0) is 24.9. The number of ether oxygens (including phenoxy) is 1. The van der Waals surface area contributed by atoms with Gasteiger partial charge in [-0.2, -0.15) is 0 Å². The van der Waals surface area contributed by atoms with Crippen molar-refractivity contribution in [1.29, 1.82) is 0 Å². The van der Waals surface area contributed by atoms with Crippen LogP contribution in [0.2, 0.25) is 5.02 Å². The predicted molar refractivity (Wildman–Crippen MR) is 138 cm³/mol. The first-order chi connectivity index (χ1) is 16.8. The standard InChI is InChI=1S/C25H17BrClFN2O4S/c26-19-10-15(6-9-21(19)34-14-23(31)29-18-4-2-1-3-5-18)11-22-24(32)30(25(33)35-22)13-16-7-8-17(28)12-20(16)27/h1-12H,13-14H2,(H,29,31)/b22-11-. The molecule has 1 aliphatic rings. The van der Waals surface area contributed by atoms with Gasteiger partial charge in [0.1, 0.15) is 11.6 Å². The number of carbonyl (C=O) groups excluding carboxylic acids is 3. The zero-order valence-corrected chi connectivity index (χ0v) is 21.1. The smallest absolute Gasteiger partial charge is 0.293 e. The highest BCUT2D eigenvalue weighted by Gasteiger charge is 2.35. The fourth-order valence-corrected chi connectivity index (χ4v) is 4.77. The number of nitrogens with zero attached hydrogens (tertiary/aromatic N) is 1. The van der Waals surface area contributed by atoms with Crippen molar-refractivity contribution in [3.63, 3.8) is 0 Å². The quantitative estimate of drug-likeness (QED) is 0.326. The number of carbonyl (C=O) groups is 3. The highest BCUT2D eigenvalue weighted by molar-refractivity contribution is 9.10. The number of nitrogens with one attached hydrogen (secondary N) is 1. The van der Waals surface area contributed by atoms with E-state index in [9.17, 15) is 18.8 Å². The molecule has 4 rings (SSSR count). The normalized spacial score (nSPS) is 14.5. The Balaban J connectivity index is 1.40. The minimum absolute atomic E-state index is 0.0529. The summed E-state index contributed by atoms with van der Waals surface area (Å²) >= 11 is 10.3. The number of thioether (sulfide) groups is 1. The minimum Gasteiger partial charge on any atom is -0.483 e. The molecule has 0 aromatic heterocycles. The van der Waals surface area contributed by atoms with Crippen LogP contribution in [0.5, 0.6) is 5.75 Å². The number of anilines is 1. The number of hydrogen-bond acceptors (Lipinski definition) is 5. The second-order valence-corrected chi connectivity index (χ2v) is 9.65. The molecule has 1 saturated heterocycles. The Morgan fingerprint density at radius 2 is 1.89 bits per heavy atom. The number of imide groups is 1. The SMILES string of the molecule is O=C(COc1ccc(/C=C2\SC(=O)N(Cc3ccc(F)cc3Cl)C2=O)cc1Br)Nc1ccccc1. The Morgan fingerprint density at radius 3 is 2.60 bits per heavy atom. The Morgan fingerprint density at radius 1 is 1.11 bits per heavy atom. The second kappa shape index (κ2) is 11.1. The number of amides is 3. The van der Waals surface area contributed by atoms with Gasteiger partial charge in [0, 0.05) is 10.7 Å². The third-order valence-electron chi connectivity index (χ3n) is 4.89. The third-order valence-corrected chi connectivity index (χ3v) is 6.77. The van der Waals surface area contributed by atoms with Gasteiger partial charge in [0.25, 0.3) is 17.1 Å². The molecule has 178 valence electrons. The molecule has 35 heavy (non-hydrogen) atoms. The van der Waals surface area contributed by atoms with E-state index in [1.54, 1.807) is 36.4 Å². The molecule has 6 nitrogen and oxygen atoms in total. The van der Waals surface area contributed by atoms with Crippen LogP contribution in [0.25, 0.3) is 6.08 Å². The predicted octanol–water partition coefficient (Wildman–Crippen LogP) is 6.50. The van der Waals surface area contributed by atoms with Crippen LogP contribution in [0.4, 0.5) is 14.9 Å². The molecule has 0 atom stereocenters. The lowest BCUT2D eigenvalue weighted by atomic mass is 10.2. The zero-order valence-electron chi connectivity index (χ0n) is 18.0. The highest BCUT2D eigenvalue weighted by Crippen LogP contribution is 2.35. The summed E-state index contributed by atoms with van der Waals surface area (Å²) in [5, 5.41) is 2.44. The summed E-state index contributed by atoms with van der Waals surface area (Å²) in [6, 6.07) is 17.9. The summed E-state index contributed by atoms with van der Waals surface area (Å²) in [6.45, 7) is -0.236. The topological polar surface area (TPSA) is 75.7 Å². The molecule has 0 unspecified atom stereocenters. The fourth-order valence-electron chi connectivity index (χ4n) is 3.19. The van der Waals surface area contributed by atoms with Gasteiger partial charge in [-0.1, -0.05) is 41.9 Å². The largest absolute Gasteiger partial charge is 0.483 e. The maximum atomic E-state index is 13.3. The first kappa shape index (κ1) is 25.0. The number of rotatable bonds is 7. The first-order valence-corrected chi connectivity index (χ1v) is 12.3. The molecule has 10 heteroatoms. The van der Waals surface area contributed by atoms with E-state index in [2.05, 4.69) is 21.2 Å². The van der Waals surface area contributed by atoms with Gasteiger partial charge in [-0.25, -0.2) is 4.39 Å². The number of benzene rings is 3. The van der Waals surface area contributed by atoms with Crippen molar-refractivity contribution >= 4 is 68.1 Å². The highest BCUT2D eigenvalue weighted by atomic mass is 79.9. The van der Waals surface area contributed by atoms with Crippen LogP contribution in [0.1, 0.15) is 11.1 Å². The molecule has 1 heterocycles. The number of halogens is 3. The molecule has 0 radical (unpaired) electrons.